The van der Waals surface area contributed by atoms with E-state index in [1.165, 1.54) is 0 Å². The Morgan fingerprint density at radius 3 is 3.05 bits per heavy atom. The summed E-state index contributed by atoms with van der Waals surface area (Å²) in [7, 11) is 0. The average Bonchev–Trinajstić information content (AvgIpc) is 2.45. The first-order valence-corrected chi connectivity index (χ1v) is 8.46. The van der Waals surface area contributed by atoms with Gasteiger partial charge >= 0.3 is 6.03 Å². The van der Waals surface area contributed by atoms with E-state index in [1.54, 1.807) is 0 Å². The minimum Gasteiger partial charge on any atom is -0.374 e. The fraction of sp³-hybridized carbons (Fsp3) is 0.562. The molecule has 1 aromatic rings. The summed E-state index contributed by atoms with van der Waals surface area (Å²) in [5.74, 6) is 0.645. The molecule has 0 aromatic heterocycles. The number of hydrogen-bond donors (Lipinski definition) is 2. The van der Waals surface area contributed by atoms with E-state index >= 15 is 0 Å². The lowest BCUT2D eigenvalue weighted by atomic mass is 10.2. The van der Waals surface area contributed by atoms with Crippen LogP contribution >= 0.6 is 15.9 Å². The molecule has 6 heteroatoms. The molecular weight excluding hydrogens is 346 g/mol. The van der Waals surface area contributed by atoms with E-state index in [4.69, 9.17) is 4.74 Å². The number of hydrogen-bond acceptors (Lipinski definition) is 3. The number of benzene rings is 1. The lowest BCUT2D eigenvalue weighted by Crippen LogP contribution is -2.48. The van der Waals surface area contributed by atoms with Gasteiger partial charge in [-0.25, -0.2) is 4.79 Å². The number of nitrogens with zero attached hydrogens (tertiary/aromatic N) is 1. The van der Waals surface area contributed by atoms with Crippen LogP contribution in [0, 0.1) is 5.92 Å². The van der Waals surface area contributed by atoms with Crippen molar-refractivity contribution in [2.75, 3.05) is 38.1 Å². The Morgan fingerprint density at radius 2 is 2.32 bits per heavy atom. The highest BCUT2D eigenvalue weighted by molar-refractivity contribution is 9.10. The van der Waals surface area contributed by atoms with Gasteiger partial charge in [-0.15, -0.1) is 0 Å². The van der Waals surface area contributed by atoms with Gasteiger partial charge in [-0.1, -0.05) is 35.8 Å². The number of amides is 2. The van der Waals surface area contributed by atoms with Gasteiger partial charge in [-0.3, -0.25) is 4.90 Å². The van der Waals surface area contributed by atoms with Crippen LogP contribution in [0.1, 0.15) is 13.8 Å². The molecule has 122 valence electrons. The molecule has 2 amide bonds. The van der Waals surface area contributed by atoms with E-state index in [0.717, 1.165) is 36.4 Å². The number of halogens is 1. The van der Waals surface area contributed by atoms with Gasteiger partial charge in [0, 0.05) is 36.3 Å². The molecule has 0 bridgehead atoms. The standard InChI is InChI=1S/C16H24BrN3O2/c1-12(2)10-20-6-7-22-15(11-20)9-18-16(21)19-14-5-3-4-13(17)8-14/h3-5,8,12,15H,6-7,9-11H2,1-2H3,(H2,18,19,21). The van der Waals surface area contributed by atoms with Crippen LogP contribution in [-0.2, 0) is 4.74 Å². The molecule has 1 fully saturated rings. The third-order valence-electron chi connectivity index (χ3n) is 3.42. The number of urea groups is 1. The predicted molar refractivity (Wildman–Crippen MR) is 92.2 cm³/mol. The number of rotatable bonds is 5. The van der Waals surface area contributed by atoms with Gasteiger partial charge in [0.15, 0.2) is 0 Å². The first kappa shape index (κ1) is 17.2. The number of nitrogens with one attached hydrogen (secondary N) is 2. The third kappa shape index (κ3) is 5.94. The second-order valence-electron chi connectivity index (χ2n) is 5.99. The molecule has 2 N–H and O–H groups in total. The number of carbonyl (C=O) groups excluding carboxylic acids is 1. The number of carbonyl (C=O) groups is 1. The monoisotopic (exact) mass is 369 g/mol. The highest BCUT2D eigenvalue weighted by Gasteiger charge is 2.21. The van der Waals surface area contributed by atoms with Crippen molar-refractivity contribution in [3.05, 3.63) is 28.7 Å². The van der Waals surface area contributed by atoms with Crippen molar-refractivity contribution in [2.24, 2.45) is 5.92 Å². The number of anilines is 1. The van der Waals surface area contributed by atoms with E-state index in [1.807, 2.05) is 24.3 Å². The first-order valence-electron chi connectivity index (χ1n) is 7.67. The van der Waals surface area contributed by atoms with Crippen LogP contribution in [0.4, 0.5) is 10.5 Å². The van der Waals surface area contributed by atoms with Gasteiger partial charge in [0.05, 0.1) is 12.7 Å². The van der Waals surface area contributed by atoms with Crippen molar-refractivity contribution in [2.45, 2.75) is 20.0 Å². The summed E-state index contributed by atoms with van der Waals surface area (Å²) >= 11 is 3.38. The van der Waals surface area contributed by atoms with Crippen molar-refractivity contribution >= 4 is 27.6 Å². The topological polar surface area (TPSA) is 53.6 Å². The Kier molecular flexibility index (Phi) is 6.67. The fourth-order valence-electron chi connectivity index (χ4n) is 2.53. The highest BCUT2D eigenvalue weighted by atomic mass is 79.9. The molecule has 1 heterocycles. The molecule has 1 aliphatic rings. The molecule has 1 aromatic carbocycles. The molecule has 22 heavy (non-hydrogen) atoms. The van der Waals surface area contributed by atoms with Gasteiger partial charge in [0.25, 0.3) is 0 Å². The maximum atomic E-state index is 11.9. The SMILES string of the molecule is CC(C)CN1CCOC(CNC(=O)Nc2cccc(Br)c2)C1. The van der Waals surface area contributed by atoms with E-state index < -0.39 is 0 Å². The maximum Gasteiger partial charge on any atom is 0.319 e. The van der Waals surface area contributed by atoms with E-state index in [0.29, 0.717) is 12.5 Å². The molecule has 1 saturated heterocycles. The van der Waals surface area contributed by atoms with Crippen molar-refractivity contribution < 1.29 is 9.53 Å². The Morgan fingerprint density at radius 1 is 1.50 bits per heavy atom. The second-order valence-corrected chi connectivity index (χ2v) is 6.91. The van der Waals surface area contributed by atoms with Gasteiger partial charge in [-0.05, 0) is 24.1 Å². The summed E-state index contributed by atoms with van der Waals surface area (Å²) in [6, 6.07) is 7.31. The van der Waals surface area contributed by atoms with Gasteiger partial charge in [-0.2, -0.15) is 0 Å². The number of ether oxygens (including phenoxy) is 1. The van der Waals surface area contributed by atoms with Crippen LogP contribution in [0.25, 0.3) is 0 Å². The van der Waals surface area contributed by atoms with Crippen molar-refractivity contribution in [1.29, 1.82) is 0 Å². The second kappa shape index (κ2) is 8.50. The van der Waals surface area contributed by atoms with Crippen molar-refractivity contribution in [3.8, 4) is 0 Å². The van der Waals surface area contributed by atoms with Gasteiger partial charge in [0.1, 0.15) is 0 Å². The predicted octanol–water partition coefficient (Wildman–Crippen LogP) is 2.93. The molecular formula is C16H24BrN3O2. The lowest BCUT2D eigenvalue weighted by molar-refractivity contribution is -0.0288. The van der Waals surface area contributed by atoms with Crippen LogP contribution in [0.5, 0.6) is 0 Å². The highest BCUT2D eigenvalue weighted by Crippen LogP contribution is 2.15. The minimum atomic E-state index is -0.206. The molecule has 5 nitrogen and oxygen atoms in total. The minimum absolute atomic E-state index is 0.0563. The zero-order valence-electron chi connectivity index (χ0n) is 13.1. The first-order chi connectivity index (χ1) is 10.5. The third-order valence-corrected chi connectivity index (χ3v) is 3.91. The van der Waals surface area contributed by atoms with Crippen molar-refractivity contribution in [3.63, 3.8) is 0 Å². The lowest BCUT2D eigenvalue weighted by Gasteiger charge is -2.33. The molecule has 1 aliphatic heterocycles. The fourth-order valence-corrected chi connectivity index (χ4v) is 2.93. The zero-order chi connectivity index (χ0) is 15.9. The van der Waals surface area contributed by atoms with Gasteiger partial charge in [0.2, 0.25) is 0 Å². The van der Waals surface area contributed by atoms with Crippen LogP contribution in [0.3, 0.4) is 0 Å². The van der Waals surface area contributed by atoms with Crippen LogP contribution in [-0.4, -0.2) is 49.8 Å². The molecule has 1 atom stereocenters. The van der Waals surface area contributed by atoms with Crippen LogP contribution in [0.2, 0.25) is 0 Å². The van der Waals surface area contributed by atoms with Gasteiger partial charge < -0.3 is 15.4 Å². The Hall–Kier alpha value is -1.11. The van der Waals surface area contributed by atoms with Crippen LogP contribution < -0.4 is 10.6 Å². The number of morpholine rings is 1. The van der Waals surface area contributed by atoms with E-state index in [-0.39, 0.29) is 12.1 Å². The van der Waals surface area contributed by atoms with Crippen LogP contribution in [0.15, 0.2) is 28.7 Å². The zero-order valence-corrected chi connectivity index (χ0v) is 14.7. The summed E-state index contributed by atoms with van der Waals surface area (Å²) in [5, 5.41) is 5.69. The normalized spacial score (nSPS) is 19.2. The summed E-state index contributed by atoms with van der Waals surface area (Å²) < 4.78 is 6.65. The molecule has 0 saturated carbocycles. The summed E-state index contributed by atoms with van der Waals surface area (Å²) in [4.78, 5) is 14.3. The molecule has 0 spiro atoms. The molecule has 1 unspecified atom stereocenters. The molecule has 2 rings (SSSR count). The summed E-state index contributed by atoms with van der Waals surface area (Å²) in [6.45, 7) is 8.60. The Balaban J connectivity index is 1.73. The van der Waals surface area contributed by atoms with E-state index in [9.17, 15) is 4.79 Å². The Bertz CT molecular complexity index is 496. The smallest absolute Gasteiger partial charge is 0.319 e. The molecule has 0 radical (unpaired) electrons. The Labute approximate surface area is 140 Å². The summed E-state index contributed by atoms with van der Waals surface area (Å²) in [5.41, 5.74) is 0.762. The summed E-state index contributed by atoms with van der Waals surface area (Å²) in [6.07, 6.45) is 0.0563. The largest absolute Gasteiger partial charge is 0.374 e. The van der Waals surface area contributed by atoms with E-state index in [2.05, 4.69) is 45.3 Å². The van der Waals surface area contributed by atoms with Crippen molar-refractivity contribution in [1.82, 2.24) is 10.2 Å². The average molecular weight is 370 g/mol. The maximum absolute atomic E-state index is 11.9. The quantitative estimate of drug-likeness (QED) is 0.838. The molecule has 0 aliphatic carbocycles.